The van der Waals surface area contributed by atoms with Gasteiger partial charge in [-0.1, -0.05) is 24.3 Å². The Morgan fingerprint density at radius 1 is 1.00 bits per heavy atom. The average Bonchev–Trinajstić information content (AvgIpc) is 2.97. The molecule has 0 spiro atoms. The van der Waals surface area contributed by atoms with Crippen LogP contribution in [0.15, 0.2) is 71.6 Å². The van der Waals surface area contributed by atoms with Gasteiger partial charge >= 0.3 is 0 Å². The van der Waals surface area contributed by atoms with Crippen LogP contribution in [0.3, 0.4) is 0 Å². The smallest absolute Gasteiger partial charge is 0.262 e. The number of nitrogens with one attached hydrogen (secondary N) is 1. The maximum Gasteiger partial charge on any atom is 0.262 e. The molecule has 1 aliphatic heterocycles. The maximum absolute atomic E-state index is 13.0. The molecule has 7 heteroatoms. The zero-order valence-corrected chi connectivity index (χ0v) is 16.9. The minimum absolute atomic E-state index is 0.0561. The quantitative estimate of drug-likeness (QED) is 0.689. The van der Waals surface area contributed by atoms with Crippen molar-refractivity contribution in [3.63, 3.8) is 0 Å². The fourth-order valence-corrected chi connectivity index (χ4v) is 4.38. The molecule has 6 nitrogen and oxygen atoms in total. The number of nitrogens with zero attached hydrogens (tertiary/aromatic N) is 1. The Kier molecular flexibility index (Phi) is 4.76. The third kappa shape index (κ3) is 3.82. The summed E-state index contributed by atoms with van der Waals surface area (Å²) in [6.07, 6.45) is 0.197. The largest absolute Gasteiger partial charge is 0.455 e. The highest BCUT2D eigenvalue weighted by molar-refractivity contribution is 7.92. The summed E-state index contributed by atoms with van der Waals surface area (Å²) in [6, 6.07) is 19.1. The number of carbonyl (C=O) groups excluding carboxylic acids is 1. The molecule has 1 heterocycles. The molecule has 3 aromatic carbocycles. The van der Waals surface area contributed by atoms with Gasteiger partial charge in [-0.15, -0.1) is 0 Å². The predicted octanol–water partition coefficient (Wildman–Crippen LogP) is 4.11. The van der Waals surface area contributed by atoms with Crippen LogP contribution in [0.2, 0.25) is 0 Å². The number of hydrogen-bond acceptors (Lipinski definition) is 4. The van der Waals surface area contributed by atoms with Crippen molar-refractivity contribution < 1.29 is 17.9 Å². The molecule has 0 saturated heterocycles. The van der Waals surface area contributed by atoms with E-state index in [1.54, 1.807) is 43.4 Å². The molecule has 0 bridgehead atoms. The molecule has 0 atom stereocenters. The van der Waals surface area contributed by atoms with Crippen LogP contribution in [0.5, 0.6) is 11.5 Å². The zero-order valence-electron chi connectivity index (χ0n) is 16.0. The molecule has 1 N–H and O–H groups in total. The molecule has 1 amide bonds. The van der Waals surface area contributed by atoms with Crippen LogP contribution < -0.4 is 14.4 Å². The normalized spacial score (nSPS) is 13.3. The molecule has 29 heavy (non-hydrogen) atoms. The van der Waals surface area contributed by atoms with E-state index in [0.717, 1.165) is 11.3 Å². The highest BCUT2D eigenvalue weighted by atomic mass is 32.2. The Balaban J connectivity index is 1.63. The molecule has 148 valence electrons. The zero-order chi connectivity index (χ0) is 20.6. The number of fused-ring (bicyclic) bond motifs is 1. The number of anilines is 2. The predicted molar refractivity (Wildman–Crippen MR) is 112 cm³/mol. The summed E-state index contributed by atoms with van der Waals surface area (Å²) in [4.78, 5) is 13.5. The molecular formula is C22H20N2O4S. The number of rotatable bonds is 5. The second-order valence-corrected chi connectivity index (χ2v) is 8.62. The van der Waals surface area contributed by atoms with Gasteiger partial charge in [0.2, 0.25) is 5.91 Å². The monoisotopic (exact) mass is 408 g/mol. The van der Waals surface area contributed by atoms with Crippen molar-refractivity contribution in [2.45, 2.75) is 18.2 Å². The molecule has 0 aliphatic carbocycles. The van der Waals surface area contributed by atoms with Gasteiger partial charge in [0.1, 0.15) is 5.75 Å². The Morgan fingerprint density at radius 2 is 1.79 bits per heavy atom. The van der Waals surface area contributed by atoms with E-state index >= 15 is 0 Å². The molecule has 0 fully saturated rings. The number of carbonyl (C=O) groups is 1. The first-order valence-corrected chi connectivity index (χ1v) is 10.6. The van der Waals surface area contributed by atoms with E-state index in [1.165, 1.54) is 11.0 Å². The van der Waals surface area contributed by atoms with Crippen LogP contribution in [-0.4, -0.2) is 21.4 Å². The first kappa shape index (κ1) is 19.0. The summed E-state index contributed by atoms with van der Waals surface area (Å²) in [5.74, 6) is 0.966. The van der Waals surface area contributed by atoms with Gasteiger partial charge in [0.05, 0.1) is 17.0 Å². The van der Waals surface area contributed by atoms with Crippen molar-refractivity contribution in [1.82, 2.24) is 0 Å². The van der Waals surface area contributed by atoms with Crippen LogP contribution >= 0.6 is 0 Å². The summed E-state index contributed by atoms with van der Waals surface area (Å²) in [7, 11) is -2.17. The molecule has 1 aliphatic rings. The fraction of sp³-hybridized carbons (Fsp3) is 0.136. The summed E-state index contributed by atoms with van der Waals surface area (Å²) in [5, 5.41) is 0. The van der Waals surface area contributed by atoms with E-state index in [1.807, 2.05) is 31.2 Å². The van der Waals surface area contributed by atoms with E-state index in [4.69, 9.17) is 4.74 Å². The van der Waals surface area contributed by atoms with Crippen molar-refractivity contribution in [1.29, 1.82) is 0 Å². The SMILES string of the molecule is Cc1cccc(Oc2ccccc2NS(=O)(=O)c2ccc3c(c2)CC(=O)N3C)c1. The Bertz CT molecular complexity index is 1200. The van der Waals surface area contributed by atoms with Crippen molar-refractivity contribution in [3.8, 4) is 11.5 Å². The van der Waals surface area contributed by atoms with E-state index in [-0.39, 0.29) is 17.2 Å². The lowest BCUT2D eigenvalue weighted by Crippen LogP contribution is -2.20. The average molecular weight is 408 g/mol. The fourth-order valence-electron chi connectivity index (χ4n) is 3.26. The molecular weight excluding hydrogens is 388 g/mol. The molecule has 0 aromatic heterocycles. The lowest BCUT2D eigenvalue weighted by molar-refractivity contribution is -0.117. The number of sulfonamides is 1. The van der Waals surface area contributed by atoms with E-state index in [9.17, 15) is 13.2 Å². The molecule has 0 saturated carbocycles. The molecule has 4 rings (SSSR count). The number of likely N-dealkylation sites (N-methyl/N-ethyl adjacent to an activating group) is 1. The second-order valence-electron chi connectivity index (χ2n) is 6.94. The van der Waals surface area contributed by atoms with Crippen LogP contribution in [0.4, 0.5) is 11.4 Å². The van der Waals surface area contributed by atoms with Crippen LogP contribution in [0, 0.1) is 6.92 Å². The summed E-state index contributed by atoms with van der Waals surface area (Å²) < 4.78 is 34.4. The van der Waals surface area contributed by atoms with Gasteiger partial charge < -0.3 is 9.64 Å². The highest BCUT2D eigenvalue weighted by Crippen LogP contribution is 2.33. The van der Waals surface area contributed by atoms with Gasteiger partial charge in [0.25, 0.3) is 10.0 Å². The summed E-state index contributed by atoms with van der Waals surface area (Å²) >= 11 is 0. The van der Waals surface area contributed by atoms with Crippen molar-refractivity contribution in [2.24, 2.45) is 0 Å². The van der Waals surface area contributed by atoms with Gasteiger partial charge in [-0.05, 0) is 60.5 Å². The summed E-state index contributed by atoms with van der Waals surface area (Å²) in [6.45, 7) is 1.96. The van der Waals surface area contributed by atoms with Crippen molar-refractivity contribution in [2.75, 3.05) is 16.7 Å². The minimum Gasteiger partial charge on any atom is -0.455 e. The molecule has 0 unspecified atom stereocenters. The van der Waals surface area contributed by atoms with Gasteiger partial charge in [-0.25, -0.2) is 8.42 Å². The molecule has 3 aromatic rings. The summed E-state index contributed by atoms with van der Waals surface area (Å²) in [5.41, 5.74) is 2.81. The standard InChI is InChI=1S/C22H20N2O4S/c1-15-6-5-7-17(12-15)28-21-9-4-3-8-19(21)23-29(26,27)18-10-11-20-16(13-18)14-22(25)24(20)2/h3-13,23H,14H2,1-2H3. The molecule has 0 radical (unpaired) electrons. The minimum atomic E-state index is -3.85. The topological polar surface area (TPSA) is 75.7 Å². The van der Waals surface area contributed by atoms with Crippen LogP contribution in [0.25, 0.3) is 0 Å². The number of ether oxygens (including phenoxy) is 1. The third-order valence-corrected chi connectivity index (χ3v) is 6.15. The van der Waals surface area contributed by atoms with Crippen LogP contribution in [-0.2, 0) is 21.2 Å². The van der Waals surface area contributed by atoms with E-state index in [0.29, 0.717) is 22.7 Å². The number of para-hydroxylation sites is 2. The van der Waals surface area contributed by atoms with Crippen molar-refractivity contribution >= 4 is 27.3 Å². The Hall–Kier alpha value is -3.32. The third-order valence-electron chi connectivity index (χ3n) is 4.79. The first-order valence-electron chi connectivity index (χ1n) is 9.09. The van der Waals surface area contributed by atoms with E-state index in [2.05, 4.69) is 4.72 Å². The van der Waals surface area contributed by atoms with Crippen molar-refractivity contribution in [3.05, 3.63) is 77.9 Å². The van der Waals surface area contributed by atoms with Crippen LogP contribution in [0.1, 0.15) is 11.1 Å². The Morgan fingerprint density at radius 3 is 2.59 bits per heavy atom. The van der Waals surface area contributed by atoms with Gasteiger partial charge in [-0.2, -0.15) is 0 Å². The van der Waals surface area contributed by atoms with E-state index < -0.39 is 10.0 Å². The highest BCUT2D eigenvalue weighted by Gasteiger charge is 2.26. The first-order chi connectivity index (χ1) is 13.8. The van der Waals surface area contributed by atoms with Gasteiger partial charge in [-0.3, -0.25) is 9.52 Å². The van der Waals surface area contributed by atoms with Gasteiger partial charge in [0, 0.05) is 12.7 Å². The Labute approximate surface area is 169 Å². The number of hydrogen-bond donors (Lipinski definition) is 1. The second kappa shape index (κ2) is 7.25. The maximum atomic E-state index is 13.0. The van der Waals surface area contributed by atoms with Gasteiger partial charge in [0.15, 0.2) is 5.75 Å². The lowest BCUT2D eigenvalue weighted by Gasteiger charge is -2.15. The lowest BCUT2D eigenvalue weighted by atomic mass is 10.2. The number of amides is 1. The number of aryl methyl sites for hydroxylation is 1. The number of benzene rings is 3.